The van der Waals surface area contributed by atoms with Crippen molar-refractivity contribution in [3.8, 4) is 0 Å². The summed E-state index contributed by atoms with van der Waals surface area (Å²) < 4.78 is 10.3. The second kappa shape index (κ2) is 24.1. The Bertz CT molecular complexity index is 1730. The summed E-state index contributed by atoms with van der Waals surface area (Å²) in [6, 6.07) is 39.7. The lowest BCUT2D eigenvalue weighted by atomic mass is 9.84. The quantitative estimate of drug-likeness (QED) is 0.0433. The van der Waals surface area contributed by atoms with Crippen LogP contribution in [0.3, 0.4) is 0 Å². The molecule has 318 valence electrons. The minimum atomic E-state index is -0.740. The first-order valence-corrected chi connectivity index (χ1v) is 23.0. The van der Waals surface area contributed by atoms with E-state index in [0.717, 1.165) is 28.7 Å². The fraction of sp³-hybridized carbons (Fsp3) is 0.438. The number of thioether (sulfide) groups is 2. The van der Waals surface area contributed by atoms with Gasteiger partial charge in [0.25, 0.3) is 0 Å². The number of ether oxygens (including phenoxy) is 2. The highest BCUT2D eigenvalue weighted by Gasteiger charge is 2.38. The molecule has 11 heteroatoms. The van der Waals surface area contributed by atoms with E-state index in [1.165, 1.54) is 7.11 Å². The van der Waals surface area contributed by atoms with Gasteiger partial charge >= 0.3 is 12.1 Å². The normalized spacial score (nSPS) is 14.3. The summed E-state index contributed by atoms with van der Waals surface area (Å²) in [7, 11) is 1.34. The summed E-state index contributed by atoms with van der Waals surface area (Å²) in [6.07, 6.45) is 3.30. The van der Waals surface area contributed by atoms with Gasteiger partial charge in [-0.3, -0.25) is 4.79 Å². The summed E-state index contributed by atoms with van der Waals surface area (Å²) in [4.78, 5) is 40.1. The van der Waals surface area contributed by atoms with Crippen LogP contribution in [-0.4, -0.2) is 85.7 Å². The number of alkyl carbamates (subject to hydrolysis) is 1. The molecule has 0 aliphatic rings. The van der Waals surface area contributed by atoms with Gasteiger partial charge in [-0.05, 0) is 73.8 Å². The molecule has 2 amide bonds. The monoisotopic (exact) mass is 840 g/mol. The molecule has 0 heterocycles. The number of methoxy groups -OCH3 is 1. The molecule has 0 fully saturated rings. The average molecular weight is 841 g/mol. The predicted octanol–water partition coefficient (Wildman–Crippen LogP) is 8.22. The Labute approximate surface area is 361 Å². The van der Waals surface area contributed by atoms with Gasteiger partial charge in [-0.1, -0.05) is 142 Å². The second-order valence-electron chi connectivity index (χ2n) is 15.9. The third-order valence-corrected chi connectivity index (χ3v) is 12.7. The molecule has 4 aromatic rings. The molecular weight excluding hydrogens is 777 g/mol. The molecule has 4 N–H and O–H groups in total. The first-order valence-electron chi connectivity index (χ1n) is 20.6. The molecule has 0 spiro atoms. The molecule has 0 aliphatic heterocycles. The maximum Gasteiger partial charge on any atom is 0.407 e. The molecule has 59 heavy (non-hydrogen) atoms. The van der Waals surface area contributed by atoms with E-state index < -0.39 is 34.5 Å². The summed E-state index contributed by atoms with van der Waals surface area (Å²) in [5.41, 5.74) is 3.75. The van der Waals surface area contributed by atoms with Crippen molar-refractivity contribution in [2.75, 3.05) is 38.0 Å². The van der Waals surface area contributed by atoms with Crippen LogP contribution < -0.4 is 21.3 Å². The average Bonchev–Trinajstić information content (AvgIpc) is 3.24. The van der Waals surface area contributed by atoms with Crippen molar-refractivity contribution in [3.63, 3.8) is 0 Å². The Kier molecular flexibility index (Phi) is 19.3. The van der Waals surface area contributed by atoms with E-state index in [1.807, 2.05) is 75.6 Å². The van der Waals surface area contributed by atoms with E-state index >= 15 is 0 Å². The lowest BCUT2D eigenvalue weighted by Crippen LogP contribution is -2.56. The van der Waals surface area contributed by atoms with E-state index in [9.17, 15) is 14.4 Å². The van der Waals surface area contributed by atoms with E-state index in [1.54, 1.807) is 23.5 Å². The summed E-state index contributed by atoms with van der Waals surface area (Å²) in [5, 5.41) is 13.5. The van der Waals surface area contributed by atoms with Crippen molar-refractivity contribution in [1.29, 1.82) is 0 Å². The van der Waals surface area contributed by atoms with Gasteiger partial charge in [0.1, 0.15) is 11.6 Å². The Morgan fingerprint density at radius 2 is 1.24 bits per heavy atom. The van der Waals surface area contributed by atoms with Crippen molar-refractivity contribution < 1.29 is 23.9 Å². The van der Waals surface area contributed by atoms with Crippen LogP contribution in [0.25, 0.3) is 0 Å². The molecule has 0 saturated heterocycles. The molecular formula is C48H64N4O5S2. The molecule has 0 aliphatic carbocycles. The SMILES string of the molecule is CC[C@H](C)[C@@H](CN[C@@H](Cc1ccccc1)C(=O)N[C@@H](CCSC)C(=O)OC)NC[C@H](CSC(c1ccccc1)(c1ccccc1)c1ccccc1)NC(=O)OC(C)(C)C. The fourth-order valence-electron chi connectivity index (χ4n) is 6.95. The van der Waals surface area contributed by atoms with Gasteiger partial charge in [-0.25, -0.2) is 9.59 Å². The maximum absolute atomic E-state index is 14.0. The molecule has 0 saturated carbocycles. The molecule has 4 rings (SSSR count). The summed E-state index contributed by atoms with van der Waals surface area (Å²) >= 11 is 3.39. The van der Waals surface area contributed by atoms with E-state index in [2.05, 4.69) is 108 Å². The third-order valence-electron chi connectivity index (χ3n) is 10.3. The summed E-state index contributed by atoms with van der Waals surface area (Å²) in [5.74, 6) is 0.765. The number of hydrogen-bond donors (Lipinski definition) is 4. The van der Waals surface area contributed by atoms with E-state index in [0.29, 0.717) is 37.4 Å². The predicted molar refractivity (Wildman–Crippen MR) is 245 cm³/mol. The van der Waals surface area contributed by atoms with Crippen molar-refractivity contribution >= 4 is 41.5 Å². The lowest BCUT2D eigenvalue weighted by Gasteiger charge is -2.37. The second-order valence-corrected chi connectivity index (χ2v) is 18.1. The Morgan fingerprint density at radius 1 is 0.712 bits per heavy atom. The van der Waals surface area contributed by atoms with Crippen LogP contribution >= 0.6 is 23.5 Å². The van der Waals surface area contributed by atoms with Gasteiger partial charge in [0.15, 0.2) is 0 Å². The van der Waals surface area contributed by atoms with Gasteiger partial charge in [-0.2, -0.15) is 11.8 Å². The topological polar surface area (TPSA) is 118 Å². The lowest BCUT2D eigenvalue weighted by molar-refractivity contribution is -0.145. The number of hydrogen-bond acceptors (Lipinski definition) is 9. The molecule has 5 atom stereocenters. The van der Waals surface area contributed by atoms with Crippen molar-refractivity contribution in [2.24, 2.45) is 5.92 Å². The van der Waals surface area contributed by atoms with Gasteiger partial charge in [0.05, 0.1) is 23.9 Å². The van der Waals surface area contributed by atoms with Gasteiger partial charge in [0, 0.05) is 24.9 Å². The molecule has 0 bridgehead atoms. The third kappa shape index (κ3) is 14.7. The van der Waals surface area contributed by atoms with Gasteiger partial charge < -0.3 is 30.7 Å². The van der Waals surface area contributed by atoms with Crippen LogP contribution in [0.4, 0.5) is 4.79 Å². The number of nitrogens with one attached hydrogen (secondary N) is 4. The fourth-order valence-corrected chi connectivity index (χ4v) is 8.98. The highest BCUT2D eigenvalue weighted by Crippen LogP contribution is 2.48. The first kappa shape index (κ1) is 47.4. The van der Waals surface area contributed by atoms with E-state index in [4.69, 9.17) is 9.47 Å². The minimum Gasteiger partial charge on any atom is -0.467 e. The van der Waals surface area contributed by atoms with Crippen LogP contribution in [0.15, 0.2) is 121 Å². The number of rotatable bonds is 23. The zero-order valence-corrected chi connectivity index (χ0v) is 37.4. The van der Waals surface area contributed by atoms with Crippen LogP contribution in [-0.2, 0) is 30.2 Å². The molecule has 0 radical (unpaired) electrons. The maximum atomic E-state index is 14.0. The Morgan fingerprint density at radius 3 is 1.71 bits per heavy atom. The molecule has 0 aromatic heterocycles. The Hall–Kier alpha value is -4.29. The van der Waals surface area contributed by atoms with Gasteiger partial charge in [-0.15, -0.1) is 11.8 Å². The number of carbonyl (C=O) groups excluding carboxylic acids is 3. The number of amides is 2. The molecule has 0 unspecified atom stereocenters. The highest BCUT2D eigenvalue weighted by molar-refractivity contribution is 8.00. The zero-order valence-electron chi connectivity index (χ0n) is 35.7. The number of esters is 1. The number of carbonyl (C=O) groups is 3. The Balaban J connectivity index is 1.62. The highest BCUT2D eigenvalue weighted by atomic mass is 32.2. The minimum absolute atomic E-state index is 0.0611. The van der Waals surface area contributed by atoms with E-state index in [-0.39, 0.29) is 23.9 Å². The first-order chi connectivity index (χ1) is 28.4. The summed E-state index contributed by atoms with van der Waals surface area (Å²) in [6.45, 7) is 10.9. The zero-order chi connectivity index (χ0) is 42.7. The van der Waals surface area contributed by atoms with Crippen LogP contribution in [0.5, 0.6) is 0 Å². The largest absolute Gasteiger partial charge is 0.467 e. The van der Waals surface area contributed by atoms with Crippen LogP contribution in [0.1, 0.15) is 69.7 Å². The van der Waals surface area contributed by atoms with Crippen LogP contribution in [0, 0.1) is 5.92 Å². The number of benzene rings is 4. The van der Waals surface area contributed by atoms with Crippen molar-refractivity contribution in [2.45, 2.75) is 88.4 Å². The smallest absolute Gasteiger partial charge is 0.407 e. The molecule has 4 aromatic carbocycles. The standard InChI is InChI=1S/C48H64N4O5S2/c1-8-35(2)43(33-50-42(31-36-21-13-9-14-22-36)44(53)52-41(29-30-58-7)45(54)56-6)49-32-40(51-46(55)57-47(3,4)5)34-59-48(37-23-15-10-16-24-37,38-25-17-11-18-26-38)39-27-19-12-20-28-39/h9-28,35,40-43,49-50H,8,29-34H2,1-7H3,(H,51,55)(H,52,53)/t35-,40+,41-,42-,43+/m0/s1. The van der Waals surface area contributed by atoms with Gasteiger partial charge in [0.2, 0.25) is 5.91 Å². The van der Waals surface area contributed by atoms with Crippen molar-refractivity contribution in [3.05, 3.63) is 144 Å². The van der Waals surface area contributed by atoms with Crippen LogP contribution in [0.2, 0.25) is 0 Å². The molecule has 9 nitrogen and oxygen atoms in total. The van der Waals surface area contributed by atoms with Crippen molar-refractivity contribution in [1.82, 2.24) is 21.3 Å².